The first-order valence-corrected chi connectivity index (χ1v) is 9.32. The summed E-state index contributed by atoms with van der Waals surface area (Å²) in [5.41, 5.74) is 0.766. The van der Waals surface area contributed by atoms with Crippen molar-refractivity contribution in [3.63, 3.8) is 0 Å². The second-order valence-electron chi connectivity index (χ2n) is 7.64. The van der Waals surface area contributed by atoms with Gasteiger partial charge >= 0.3 is 6.09 Å². The third-order valence-electron chi connectivity index (χ3n) is 5.07. The highest BCUT2D eigenvalue weighted by Crippen LogP contribution is 2.31. The van der Waals surface area contributed by atoms with Gasteiger partial charge in [-0.05, 0) is 36.8 Å². The highest BCUT2D eigenvalue weighted by Gasteiger charge is 2.31. The number of carbonyl (C=O) groups is 2. The zero-order valence-corrected chi connectivity index (χ0v) is 16.0. The van der Waals surface area contributed by atoms with Crippen LogP contribution >= 0.6 is 0 Å². The van der Waals surface area contributed by atoms with Gasteiger partial charge in [0.2, 0.25) is 0 Å². The van der Waals surface area contributed by atoms with Gasteiger partial charge in [-0.3, -0.25) is 10.1 Å². The average molecular weight is 364 g/mol. The van der Waals surface area contributed by atoms with E-state index in [9.17, 15) is 14.0 Å². The maximum Gasteiger partial charge on any atom is 0.414 e. The minimum Gasteiger partial charge on any atom is -0.410 e. The average Bonchev–Trinajstić information content (AvgIpc) is 2.58. The summed E-state index contributed by atoms with van der Waals surface area (Å²) in [5, 5.41) is 5.94. The molecule has 6 heteroatoms. The predicted octanol–water partition coefficient (Wildman–Crippen LogP) is 4.47. The number of hydrogen-bond donors (Lipinski definition) is 2. The van der Waals surface area contributed by atoms with E-state index in [4.69, 9.17) is 4.74 Å². The molecule has 1 aliphatic rings. The van der Waals surface area contributed by atoms with Crippen molar-refractivity contribution in [3.05, 3.63) is 29.6 Å². The Labute approximate surface area is 154 Å². The van der Waals surface area contributed by atoms with E-state index in [2.05, 4.69) is 31.4 Å². The highest BCUT2D eigenvalue weighted by molar-refractivity contribution is 5.84. The highest BCUT2D eigenvalue weighted by atomic mass is 19.1. The van der Waals surface area contributed by atoms with E-state index in [1.54, 1.807) is 6.07 Å². The molecule has 2 rings (SSSR count). The van der Waals surface area contributed by atoms with E-state index in [1.807, 2.05) is 6.92 Å². The molecular weight excluding hydrogens is 335 g/mol. The molecule has 1 heterocycles. The summed E-state index contributed by atoms with van der Waals surface area (Å²) >= 11 is 0. The van der Waals surface area contributed by atoms with Crippen LogP contribution in [0, 0.1) is 11.2 Å². The van der Waals surface area contributed by atoms with E-state index in [0.717, 1.165) is 19.3 Å². The first kappa shape index (κ1) is 20.4. The SMILES string of the molecule is CCCC(=O)[C@H](CCC(C)(C)CC)NC1NC(=O)Oc2cc(F)ccc21. The van der Waals surface area contributed by atoms with E-state index in [-0.39, 0.29) is 23.0 Å². The Balaban J connectivity index is 2.19. The van der Waals surface area contributed by atoms with Crippen LogP contribution in [-0.2, 0) is 4.79 Å². The number of rotatable bonds is 9. The Morgan fingerprint density at radius 3 is 2.77 bits per heavy atom. The van der Waals surface area contributed by atoms with Crippen molar-refractivity contribution >= 4 is 11.9 Å². The summed E-state index contributed by atoms with van der Waals surface area (Å²) < 4.78 is 18.5. The van der Waals surface area contributed by atoms with Gasteiger partial charge < -0.3 is 10.1 Å². The molecule has 0 aromatic heterocycles. The van der Waals surface area contributed by atoms with Crippen molar-refractivity contribution in [2.45, 2.75) is 72.0 Å². The molecular formula is C20H29FN2O3. The maximum absolute atomic E-state index is 13.4. The van der Waals surface area contributed by atoms with Crippen molar-refractivity contribution in [2.24, 2.45) is 5.41 Å². The standard InChI is InChI=1S/C20H29FN2O3/c1-5-7-16(24)15(10-11-20(3,4)6-2)22-18-14-9-8-13(21)12-17(14)26-19(25)23-18/h8-9,12,15,18,22H,5-7,10-11H2,1-4H3,(H,23,25)/t15-,18?/m0/s1. The van der Waals surface area contributed by atoms with Gasteiger partial charge in [0.15, 0.2) is 0 Å². The molecule has 0 saturated heterocycles. The van der Waals surface area contributed by atoms with Crippen LogP contribution in [0.1, 0.15) is 71.5 Å². The minimum absolute atomic E-state index is 0.129. The number of ketones is 1. The molecule has 1 aliphatic heterocycles. The van der Waals surface area contributed by atoms with Gasteiger partial charge in [-0.2, -0.15) is 0 Å². The Bertz CT molecular complexity index is 660. The summed E-state index contributed by atoms with van der Waals surface area (Å²) in [7, 11) is 0. The number of Topliss-reactive ketones (excluding diaryl/α,β-unsaturated/α-hetero) is 1. The number of amides is 1. The van der Waals surface area contributed by atoms with Crippen LogP contribution in [-0.4, -0.2) is 17.9 Å². The molecule has 0 spiro atoms. The lowest BCUT2D eigenvalue weighted by Crippen LogP contribution is -2.49. The molecule has 1 aromatic rings. The fourth-order valence-electron chi connectivity index (χ4n) is 2.96. The van der Waals surface area contributed by atoms with E-state index in [0.29, 0.717) is 18.4 Å². The molecule has 2 N–H and O–H groups in total. The molecule has 2 atom stereocenters. The zero-order chi connectivity index (χ0) is 19.3. The molecule has 5 nitrogen and oxygen atoms in total. The number of benzene rings is 1. The Hall–Kier alpha value is -1.95. The number of carbonyl (C=O) groups excluding carboxylic acids is 2. The fraction of sp³-hybridized carbons (Fsp3) is 0.600. The second-order valence-corrected chi connectivity index (χ2v) is 7.64. The summed E-state index contributed by atoms with van der Waals surface area (Å²) in [6.07, 6.45) is 2.62. The van der Waals surface area contributed by atoms with Gasteiger partial charge in [-0.25, -0.2) is 9.18 Å². The first-order valence-electron chi connectivity index (χ1n) is 9.32. The molecule has 1 aromatic carbocycles. The quantitative estimate of drug-likeness (QED) is 0.678. The lowest BCUT2D eigenvalue weighted by atomic mass is 9.83. The Morgan fingerprint density at radius 2 is 2.12 bits per heavy atom. The first-order chi connectivity index (χ1) is 12.3. The lowest BCUT2D eigenvalue weighted by Gasteiger charge is -2.32. The summed E-state index contributed by atoms with van der Waals surface area (Å²) in [6.45, 7) is 8.48. The monoisotopic (exact) mass is 364 g/mol. The van der Waals surface area contributed by atoms with Gasteiger partial charge in [-0.15, -0.1) is 0 Å². The van der Waals surface area contributed by atoms with Crippen LogP contribution in [0.4, 0.5) is 9.18 Å². The number of fused-ring (bicyclic) bond motifs is 1. The topological polar surface area (TPSA) is 67.4 Å². The summed E-state index contributed by atoms with van der Waals surface area (Å²) in [6, 6.07) is 3.70. The normalized spacial score (nSPS) is 17.9. The van der Waals surface area contributed by atoms with Crippen LogP contribution in [0.5, 0.6) is 5.75 Å². The Morgan fingerprint density at radius 1 is 1.38 bits per heavy atom. The molecule has 144 valence electrons. The zero-order valence-electron chi connectivity index (χ0n) is 16.0. The maximum atomic E-state index is 13.4. The van der Waals surface area contributed by atoms with E-state index >= 15 is 0 Å². The van der Waals surface area contributed by atoms with Crippen LogP contribution in [0.25, 0.3) is 0 Å². The lowest BCUT2D eigenvalue weighted by molar-refractivity contribution is -0.121. The van der Waals surface area contributed by atoms with Gasteiger partial charge in [0.25, 0.3) is 0 Å². The van der Waals surface area contributed by atoms with Crippen LogP contribution in [0.3, 0.4) is 0 Å². The number of halogens is 1. The van der Waals surface area contributed by atoms with E-state index < -0.39 is 18.1 Å². The van der Waals surface area contributed by atoms with E-state index in [1.165, 1.54) is 12.1 Å². The molecule has 26 heavy (non-hydrogen) atoms. The Kier molecular flexibility index (Phi) is 6.75. The van der Waals surface area contributed by atoms with Gasteiger partial charge in [0.05, 0.1) is 6.04 Å². The molecule has 1 amide bonds. The van der Waals surface area contributed by atoms with Crippen molar-refractivity contribution in [1.29, 1.82) is 0 Å². The molecule has 1 unspecified atom stereocenters. The van der Waals surface area contributed by atoms with Crippen molar-refractivity contribution in [2.75, 3.05) is 0 Å². The van der Waals surface area contributed by atoms with Crippen LogP contribution in [0.2, 0.25) is 0 Å². The van der Waals surface area contributed by atoms with Crippen molar-refractivity contribution in [1.82, 2.24) is 10.6 Å². The largest absolute Gasteiger partial charge is 0.414 e. The molecule has 0 radical (unpaired) electrons. The smallest absolute Gasteiger partial charge is 0.410 e. The molecule has 0 saturated carbocycles. The number of ether oxygens (including phenoxy) is 1. The van der Waals surface area contributed by atoms with Crippen LogP contribution < -0.4 is 15.4 Å². The van der Waals surface area contributed by atoms with Crippen molar-refractivity contribution in [3.8, 4) is 5.75 Å². The molecule has 0 aliphatic carbocycles. The second kappa shape index (κ2) is 8.62. The van der Waals surface area contributed by atoms with Crippen LogP contribution in [0.15, 0.2) is 18.2 Å². The fourth-order valence-corrected chi connectivity index (χ4v) is 2.96. The number of nitrogens with one attached hydrogen (secondary N) is 2. The van der Waals surface area contributed by atoms with Gasteiger partial charge in [-0.1, -0.05) is 34.1 Å². The van der Waals surface area contributed by atoms with Gasteiger partial charge in [0.1, 0.15) is 23.5 Å². The summed E-state index contributed by atoms with van der Waals surface area (Å²) in [5.74, 6) is -0.161. The summed E-state index contributed by atoms with van der Waals surface area (Å²) in [4.78, 5) is 24.4. The number of hydrogen-bond acceptors (Lipinski definition) is 4. The molecule has 0 bridgehead atoms. The van der Waals surface area contributed by atoms with Gasteiger partial charge in [0, 0.05) is 18.1 Å². The van der Waals surface area contributed by atoms with Crippen molar-refractivity contribution < 1.29 is 18.7 Å². The third kappa shape index (κ3) is 5.27. The minimum atomic E-state index is -0.656. The predicted molar refractivity (Wildman–Crippen MR) is 98.4 cm³/mol. The third-order valence-corrected chi connectivity index (χ3v) is 5.07. The molecule has 0 fully saturated rings.